The number of hydrogen-bond donors (Lipinski definition) is 1. The molecule has 0 saturated carbocycles. The Bertz CT molecular complexity index is 1090. The second kappa shape index (κ2) is 7.98. The average molecular weight is 404 g/mol. The SMILES string of the molecule is CC1=NC2=C(C(=O)CCC2)[C@@H](c2cccc([N+](=O)[O-])c2)C1C(=O)Nc1ccccn1. The number of anilines is 1. The summed E-state index contributed by atoms with van der Waals surface area (Å²) in [5.74, 6) is -1.41. The number of nitro groups is 1. The van der Waals surface area contributed by atoms with Crippen LogP contribution in [0.2, 0.25) is 0 Å². The van der Waals surface area contributed by atoms with Gasteiger partial charge in [-0.25, -0.2) is 4.98 Å². The molecule has 0 radical (unpaired) electrons. The van der Waals surface area contributed by atoms with Crippen molar-refractivity contribution in [2.24, 2.45) is 10.9 Å². The normalized spacial score (nSPS) is 21.0. The van der Waals surface area contributed by atoms with E-state index in [2.05, 4.69) is 15.3 Å². The molecule has 1 aromatic heterocycles. The van der Waals surface area contributed by atoms with Gasteiger partial charge in [-0.15, -0.1) is 0 Å². The van der Waals surface area contributed by atoms with E-state index in [0.29, 0.717) is 47.6 Å². The lowest BCUT2D eigenvalue weighted by molar-refractivity contribution is -0.384. The van der Waals surface area contributed by atoms with E-state index in [1.165, 1.54) is 12.1 Å². The van der Waals surface area contributed by atoms with E-state index in [1.807, 2.05) is 0 Å². The van der Waals surface area contributed by atoms with Gasteiger partial charge in [0, 0.05) is 47.7 Å². The minimum Gasteiger partial charge on any atom is -0.310 e. The highest BCUT2D eigenvalue weighted by Crippen LogP contribution is 2.44. The summed E-state index contributed by atoms with van der Waals surface area (Å²) in [6.45, 7) is 1.76. The first kappa shape index (κ1) is 19.6. The molecule has 0 fully saturated rings. The maximum absolute atomic E-state index is 13.3. The third kappa shape index (κ3) is 3.63. The molecule has 8 nitrogen and oxygen atoms in total. The molecule has 0 bridgehead atoms. The zero-order valence-electron chi connectivity index (χ0n) is 16.4. The molecular weight excluding hydrogens is 384 g/mol. The van der Waals surface area contributed by atoms with Crippen molar-refractivity contribution < 1.29 is 14.5 Å². The van der Waals surface area contributed by atoms with Gasteiger partial charge < -0.3 is 5.32 Å². The van der Waals surface area contributed by atoms with E-state index in [0.717, 1.165) is 0 Å². The quantitative estimate of drug-likeness (QED) is 0.615. The van der Waals surface area contributed by atoms with Gasteiger partial charge in [0.25, 0.3) is 5.69 Å². The number of carbonyl (C=O) groups excluding carboxylic acids is 2. The van der Waals surface area contributed by atoms with Crippen LogP contribution in [0.25, 0.3) is 0 Å². The zero-order chi connectivity index (χ0) is 21.3. The maximum atomic E-state index is 13.3. The highest BCUT2D eigenvalue weighted by molar-refractivity contribution is 6.13. The number of allylic oxidation sites excluding steroid dienone is 2. The summed E-state index contributed by atoms with van der Waals surface area (Å²) >= 11 is 0. The lowest BCUT2D eigenvalue weighted by atomic mass is 9.71. The molecule has 2 heterocycles. The van der Waals surface area contributed by atoms with Gasteiger partial charge in [-0.3, -0.25) is 24.7 Å². The Hall–Kier alpha value is -3.68. The molecule has 1 unspecified atom stereocenters. The van der Waals surface area contributed by atoms with Crippen molar-refractivity contribution in [1.82, 2.24) is 4.98 Å². The van der Waals surface area contributed by atoms with E-state index in [4.69, 9.17) is 0 Å². The Morgan fingerprint density at radius 3 is 2.77 bits per heavy atom. The van der Waals surface area contributed by atoms with Crippen LogP contribution in [0, 0.1) is 16.0 Å². The number of carbonyl (C=O) groups is 2. The van der Waals surface area contributed by atoms with Gasteiger partial charge >= 0.3 is 0 Å². The Morgan fingerprint density at radius 1 is 1.20 bits per heavy atom. The van der Waals surface area contributed by atoms with E-state index in [9.17, 15) is 19.7 Å². The number of aliphatic imine (C=N–C) groups is 1. The first-order chi connectivity index (χ1) is 14.5. The van der Waals surface area contributed by atoms with Gasteiger partial charge in [0.1, 0.15) is 5.82 Å². The summed E-state index contributed by atoms with van der Waals surface area (Å²) in [4.78, 5) is 45.7. The standard InChI is InChI=1S/C22H20N4O4/c1-13-19(22(28)25-18-10-2-3-11-23-18)20(14-6-4-7-15(12-14)26(29)30)21-16(24-13)8-5-9-17(21)27/h2-4,6-7,10-12,19-20H,5,8-9H2,1H3,(H,23,25,28)/t19?,20-/m0/s1. The largest absolute Gasteiger partial charge is 0.310 e. The molecule has 4 rings (SSSR count). The van der Waals surface area contributed by atoms with Gasteiger partial charge in [0.15, 0.2) is 5.78 Å². The third-order valence-electron chi connectivity index (χ3n) is 5.47. The van der Waals surface area contributed by atoms with Crippen LogP contribution in [-0.2, 0) is 9.59 Å². The third-order valence-corrected chi connectivity index (χ3v) is 5.47. The molecule has 2 atom stereocenters. The topological polar surface area (TPSA) is 115 Å². The van der Waals surface area contributed by atoms with Crippen molar-refractivity contribution in [2.45, 2.75) is 32.1 Å². The molecule has 8 heteroatoms. The number of nitrogens with one attached hydrogen (secondary N) is 1. The number of non-ortho nitro benzene ring substituents is 1. The molecule has 0 saturated heterocycles. The Balaban J connectivity index is 1.81. The summed E-state index contributed by atoms with van der Waals surface area (Å²) in [6, 6.07) is 11.3. The molecule has 1 N–H and O–H groups in total. The van der Waals surface area contributed by atoms with Gasteiger partial charge in [0.05, 0.1) is 10.8 Å². The van der Waals surface area contributed by atoms with Crippen LogP contribution in [0.3, 0.4) is 0 Å². The fraction of sp³-hybridized carbons (Fsp3) is 0.273. The molecule has 1 aliphatic carbocycles. The minimum absolute atomic E-state index is 0.0559. The Kier molecular flexibility index (Phi) is 5.22. The molecular formula is C22H20N4O4. The lowest BCUT2D eigenvalue weighted by Crippen LogP contribution is -2.39. The fourth-order valence-electron chi connectivity index (χ4n) is 4.18. The summed E-state index contributed by atoms with van der Waals surface area (Å²) in [7, 11) is 0. The van der Waals surface area contributed by atoms with Gasteiger partial charge in [0.2, 0.25) is 5.91 Å². The number of pyridine rings is 1. The molecule has 1 aromatic carbocycles. The predicted octanol–water partition coefficient (Wildman–Crippen LogP) is 3.81. The molecule has 1 aliphatic heterocycles. The molecule has 30 heavy (non-hydrogen) atoms. The average Bonchev–Trinajstić information content (AvgIpc) is 2.73. The summed E-state index contributed by atoms with van der Waals surface area (Å²) < 4.78 is 0. The van der Waals surface area contributed by atoms with Crippen LogP contribution < -0.4 is 5.32 Å². The van der Waals surface area contributed by atoms with Crippen molar-refractivity contribution >= 4 is 28.9 Å². The molecule has 152 valence electrons. The highest BCUT2D eigenvalue weighted by Gasteiger charge is 2.42. The molecule has 2 aliphatic rings. The van der Waals surface area contributed by atoms with Crippen LogP contribution in [0.1, 0.15) is 37.7 Å². The van der Waals surface area contributed by atoms with Crippen LogP contribution in [-0.4, -0.2) is 27.3 Å². The number of amides is 1. The summed E-state index contributed by atoms with van der Waals surface area (Å²) in [6.07, 6.45) is 3.31. The van der Waals surface area contributed by atoms with Gasteiger partial charge in [-0.05, 0) is 37.5 Å². The van der Waals surface area contributed by atoms with Crippen LogP contribution in [0.15, 0.2) is 64.9 Å². The van der Waals surface area contributed by atoms with Crippen molar-refractivity contribution in [1.29, 1.82) is 0 Å². The van der Waals surface area contributed by atoms with Gasteiger partial charge in [-0.2, -0.15) is 0 Å². The number of benzene rings is 1. The number of rotatable bonds is 4. The van der Waals surface area contributed by atoms with Crippen molar-refractivity contribution in [2.75, 3.05) is 5.32 Å². The molecule has 1 amide bonds. The van der Waals surface area contributed by atoms with E-state index in [-0.39, 0.29) is 17.4 Å². The van der Waals surface area contributed by atoms with Gasteiger partial charge in [-0.1, -0.05) is 18.2 Å². The number of aromatic nitrogens is 1. The van der Waals surface area contributed by atoms with Crippen LogP contribution in [0.5, 0.6) is 0 Å². The second-order valence-corrected chi connectivity index (χ2v) is 7.40. The number of Topliss-reactive ketones (excluding diaryl/α,β-unsaturated/α-hetero) is 1. The van der Waals surface area contributed by atoms with E-state index in [1.54, 1.807) is 43.5 Å². The maximum Gasteiger partial charge on any atom is 0.269 e. The lowest BCUT2D eigenvalue weighted by Gasteiger charge is -2.34. The second-order valence-electron chi connectivity index (χ2n) is 7.40. The van der Waals surface area contributed by atoms with Crippen molar-refractivity contribution in [3.8, 4) is 0 Å². The smallest absolute Gasteiger partial charge is 0.269 e. The zero-order valence-corrected chi connectivity index (χ0v) is 16.4. The first-order valence-corrected chi connectivity index (χ1v) is 9.73. The number of nitro benzene ring substituents is 1. The van der Waals surface area contributed by atoms with Crippen LogP contribution >= 0.6 is 0 Å². The highest BCUT2D eigenvalue weighted by atomic mass is 16.6. The number of nitrogens with zero attached hydrogens (tertiary/aromatic N) is 3. The summed E-state index contributed by atoms with van der Waals surface area (Å²) in [5, 5.41) is 14.1. The van der Waals surface area contributed by atoms with E-state index >= 15 is 0 Å². The van der Waals surface area contributed by atoms with Crippen LogP contribution in [0.4, 0.5) is 11.5 Å². The Morgan fingerprint density at radius 2 is 2.03 bits per heavy atom. The number of ketones is 1. The fourth-order valence-corrected chi connectivity index (χ4v) is 4.18. The minimum atomic E-state index is -0.769. The predicted molar refractivity (Wildman–Crippen MR) is 111 cm³/mol. The van der Waals surface area contributed by atoms with E-state index < -0.39 is 16.8 Å². The summed E-state index contributed by atoms with van der Waals surface area (Å²) in [5.41, 5.74) is 2.23. The first-order valence-electron chi connectivity index (χ1n) is 9.73. The molecule has 0 spiro atoms. The van der Waals surface area contributed by atoms with Crippen molar-refractivity contribution in [3.05, 3.63) is 75.6 Å². The van der Waals surface area contributed by atoms with Crippen molar-refractivity contribution in [3.63, 3.8) is 0 Å². The Labute approximate surface area is 172 Å². The number of hydrogen-bond acceptors (Lipinski definition) is 6. The monoisotopic (exact) mass is 404 g/mol. The molecule has 2 aromatic rings.